The number of fused-ring (bicyclic) bond motifs is 1. The van der Waals surface area contributed by atoms with E-state index in [-0.39, 0.29) is 14.8 Å². The molecule has 2 aliphatic rings. The first-order chi connectivity index (χ1) is 11.8. The van der Waals surface area contributed by atoms with E-state index in [0.717, 1.165) is 21.6 Å². The maximum atomic E-state index is 12.7. The molecule has 0 saturated carbocycles. The Morgan fingerprint density at radius 3 is 2.24 bits per heavy atom. The van der Waals surface area contributed by atoms with Crippen molar-refractivity contribution in [3.8, 4) is 0 Å². The number of carbonyl (C=O) groups excluding carboxylic acids is 2. The van der Waals surface area contributed by atoms with Gasteiger partial charge in [0.15, 0.2) is 0 Å². The Morgan fingerprint density at radius 1 is 1.00 bits per heavy atom. The second-order valence-corrected chi connectivity index (χ2v) is 6.80. The topological polar surface area (TPSA) is 115 Å². The number of carboxylic acids is 2. The van der Waals surface area contributed by atoms with Gasteiger partial charge in [0, 0.05) is 5.56 Å². The predicted octanol–water partition coefficient (Wildman–Crippen LogP) is 0.774. The number of thiocarbonyl (C=S) groups is 1. The zero-order valence-electron chi connectivity index (χ0n) is 12.5. The van der Waals surface area contributed by atoms with E-state index in [4.69, 9.17) is 22.4 Å². The van der Waals surface area contributed by atoms with Crippen molar-refractivity contribution in [1.29, 1.82) is 0 Å². The molecule has 25 heavy (non-hydrogen) atoms. The first-order valence-electron chi connectivity index (χ1n) is 6.94. The van der Waals surface area contributed by atoms with Crippen LogP contribution in [0.15, 0.2) is 29.2 Å². The van der Waals surface area contributed by atoms with E-state index in [2.05, 4.69) is 0 Å². The maximum absolute atomic E-state index is 12.7. The Balaban J connectivity index is 2.11. The average molecular weight is 378 g/mol. The lowest BCUT2D eigenvalue weighted by atomic mass is 10.1. The number of hydrogen-bond donors (Lipinski definition) is 2. The van der Waals surface area contributed by atoms with Crippen LogP contribution in [0.4, 0.5) is 5.69 Å². The molecular weight excluding hydrogens is 368 g/mol. The van der Waals surface area contributed by atoms with Crippen molar-refractivity contribution < 1.29 is 29.4 Å². The lowest BCUT2D eigenvalue weighted by Crippen LogP contribution is -2.34. The van der Waals surface area contributed by atoms with Crippen molar-refractivity contribution in [1.82, 2.24) is 4.90 Å². The molecule has 1 saturated heterocycles. The van der Waals surface area contributed by atoms with Crippen LogP contribution in [0.3, 0.4) is 0 Å². The third kappa shape index (κ3) is 2.89. The summed E-state index contributed by atoms with van der Waals surface area (Å²) in [4.78, 5) is 49.2. The van der Waals surface area contributed by atoms with Gasteiger partial charge in [-0.1, -0.05) is 42.2 Å². The van der Waals surface area contributed by atoms with Gasteiger partial charge >= 0.3 is 11.9 Å². The summed E-state index contributed by atoms with van der Waals surface area (Å²) in [7, 11) is 0. The minimum atomic E-state index is -1.23. The van der Waals surface area contributed by atoms with Crippen LogP contribution in [0.1, 0.15) is 5.56 Å². The standard InChI is InChI=1S/C15H10N2O6S2/c18-9(19)5-16-8-4-2-1-3-7(8)11(13(16)22)12-14(23)17(6-10(20)21)15(24)25-12/h1-4H,5-6H2,(H,18,19)(H,20,21)/b12-11+. The number of aliphatic carboxylic acids is 2. The molecule has 0 aliphatic carbocycles. The molecule has 2 aliphatic heterocycles. The van der Waals surface area contributed by atoms with Crippen molar-refractivity contribution in [3.05, 3.63) is 34.7 Å². The lowest BCUT2D eigenvalue weighted by Gasteiger charge is -2.13. The molecule has 128 valence electrons. The predicted molar refractivity (Wildman–Crippen MR) is 92.9 cm³/mol. The zero-order chi connectivity index (χ0) is 18.3. The molecule has 3 rings (SSSR count). The molecule has 2 amide bonds. The third-order valence-corrected chi connectivity index (χ3v) is 5.03. The molecule has 10 heteroatoms. The largest absolute Gasteiger partial charge is 0.480 e. The van der Waals surface area contributed by atoms with Crippen LogP contribution in [0.5, 0.6) is 0 Å². The highest BCUT2D eigenvalue weighted by Gasteiger charge is 2.42. The molecule has 0 unspecified atom stereocenters. The first kappa shape index (κ1) is 17.1. The van der Waals surface area contributed by atoms with Gasteiger partial charge in [0.2, 0.25) is 0 Å². The monoisotopic (exact) mass is 378 g/mol. The molecule has 1 aromatic carbocycles. The Labute approximate surface area is 150 Å². The summed E-state index contributed by atoms with van der Waals surface area (Å²) in [6.45, 7) is -1.15. The van der Waals surface area contributed by atoms with Crippen molar-refractivity contribution in [2.24, 2.45) is 0 Å². The van der Waals surface area contributed by atoms with E-state index in [9.17, 15) is 19.2 Å². The summed E-state index contributed by atoms with van der Waals surface area (Å²) in [5.74, 6) is -3.72. The fourth-order valence-electron chi connectivity index (χ4n) is 2.61. The van der Waals surface area contributed by atoms with E-state index in [1.807, 2.05) is 0 Å². The summed E-state index contributed by atoms with van der Waals surface area (Å²) in [5, 5.41) is 17.9. The Hall–Kier alpha value is -2.72. The van der Waals surface area contributed by atoms with E-state index in [1.54, 1.807) is 24.3 Å². The number of thioether (sulfide) groups is 1. The average Bonchev–Trinajstić information content (AvgIpc) is 2.96. The fourth-order valence-corrected chi connectivity index (χ4v) is 3.94. The number of hydrogen-bond acceptors (Lipinski definition) is 6. The number of carbonyl (C=O) groups is 4. The summed E-state index contributed by atoms with van der Waals surface area (Å²) < 4.78 is 0.0388. The van der Waals surface area contributed by atoms with Crippen LogP contribution in [0.25, 0.3) is 5.57 Å². The smallest absolute Gasteiger partial charge is 0.323 e. The van der Waals surface area contributed by atoms with Gasteiger partial charge in [0.05, 0.1) is 16.2 Å². The highest BCUT2D eigenvalue weighted by Crippen LogP contribution is 2.44. The number of rotatable bonds is 4. The maximum Gasteiger partial charge on any atom is 0.323 e. The van der Waals surface area contributed by atoms with Gasteiger partial charge in [-0.15, -0.1) is 0 Å². The van der Waals surface area contributed by atoms with Gasteiger partial charge in [-0.25, -0.2) is 0 Å². The molecule has 2 heterocycles. The number of benzene rings is 1. The van der Waals surface area contributed by atoms with Crippen LogP contribution in [0.2, 0.25) is 0 Å². The zero-order valence-corrected chi connectivity index (χ0v) is 14.1. The molecule has 2 N–H and O–H groups in total. The van der Waals surface area contributed by atoms with Gasteiger partial charge in [-0.05, 0) is 6.07 Å². The third-order valence-electron chi connectivity index (χ3n) is 3.59. The SMILES string of the molecule is O=C(O)CN1C(=O)/C(=C2\C(=O)N(CC(=O)O)c3ccccc32)SC1=S. The van der Waals surface area contributed by atoms with E-state index >= 15 is 0 Å². The molecule has 8 nitrogen and oxygen atoms in total. The summed E-state index contributed by atoms with van der Waals surface area (Å²) >= 11 is 5.88. The Morgan fingerprint density at radius 2 is 1.60 bits per heavy atom. The fraction of sp³-hybridized carbons (Fsp3) is 0.133. The van der Waals surface area contributed by atoms with Gasteiger partial charge in [0.1, 0.15) is 17.4 Å². The summed E-state index contributed by atoms with van der Waals surface area (Å²) in [5.41, 5.74) is 0.847. The molecular formula is C15H10N2O6S2. The second kappa shape index (κ2) is 6.30. The Kier molecular flexibility index (Phi) is 4.31. The van der Waals surface area contributed by atoms with Gasteiger partial charge in [-0.2, -0.15) is 0 Å². The number of anilines is 1. The lowest BCUT2D eigenvalue weighted by molar-refractivity contribution is -0.140. The Bertz CT molecular complexity index is 879. The van der Waals surface area contributed by atoms with E-state index < -0.39 is 36.8 Å². The van der Waals surface area contributed by atoms with Crippen molar-refractivity contribution in [3.63, 3.8) is 0 Å². The first-order valence-corrected chi connectivity index (χ1v) is 8.16. The molecule has 1 aromatic rings. The molecule has 1 fully saturated rings. The summed E-state index contributed by atoms with van der Waals surface area (Å²) in [6, 6.07) is 6.50. The number of nitrogens with zero attached hydrogens (tertiary/aromatic N) is 2. The highest BCUT2D eigenvalue weighted by molar-refractivity contribution is 8.26. The van der Waals surface area contributed by atoms with Gasteiger partial charge < -0.3 is 10.2 Å². The van der Waals surface area contributed by atoms with Gasteiger partial charge in [0.25, 0.3) is 11.8 Å². The van der Waals surface area contributed by atoms with Crippen LogP contribution in [0, 0.1) is 0 Å². The van der Waals surface area contributed by atoms with Crippen LogP contribution < -0.4 is 4.90 Å². The van der Waals surface area contributed by atoms with Crippen LogP contribution in [-0.2, 0) is 19.2 Å². The number of para-hydroxylation sites is 1. The minimum absolute atomic E-state index is 0.0107. The van der Waals surface area contributed by atoms with Crippen molar-refractivity contribution in [2.45, 2.75) is 0 Å². The van der Waals surface area contributed by atoms with Crippen molar-refractivity contribution in [2.75, 3.05) is 18.0 Å². The van der Waals surface area contributed by atoms with E-state index in [0.29, 0.717) is 11.3 Å². The quantitative estimate of drug-likeness (QED) is 0.583. The minimum Gasteiger partial charge on any atom is -0.480 e. The molecule has 0 aromatic heterocycles. The van der Waals surface area contributed by atoms with Crippen molar-refractivity contribution >= 4 is 63.3 Å². The van der Waals surface area contributed by atoms with Crippen LogP contribution in [-0.4, -0.2) is 56.3 Å². The van der Waals surface area contributed by atoms with Gasteiger partial charge in [-0.3, -0.25) is 29.0 Å². The molecule has 0 atom stereocenters. The second-order valence-electron chi connectivity index (χ2n) is 5.16. The summed E-state index contributed by atoms with van der Waals surface area (Å²) in [6.07, 6.45) is 0. The number of carboxylic acid groups (broad SMARTS) is 2. The molecule has 0 bridgehead atoms. The molecule has 0 spiro atoms. The molecule has 0 radical (unpaired) electrons. The van der Waals surface area contributed by atoms with E-state index in [1.165, 1.54) is 0 Å². The normalized spacial score (nSPS) is 19.6. The van der Waals surface area contributed by atoms with Crippen LogP contribution >= 0.6 is 24.0 Å². The highest BCUT2D eigenvalue weighted by atomic mass is 32.2. The number of amides is 2.